The number of rotatable bonds is 4. The fourth-order valence-corrected chi connectivity index (χ4v) is 6.62. The molecule has 1 saturated heterocycles. The number of benzene rings is 2. The maximum Gasteiger partial charge on any atom is 0.234 e. The molecular formula is C21H22ClN3O3S2. The number of halogens is 1. The lowest BCUT2D eigenvalue weighted by atomic mass is 10.1. The van der Waals surface area contributed by atoms with Crippen LogP contribution in [0.25, 0.3) is 0 Å². The second-order valence-corrected chi connectivity index (χ2v) is 11.2. The van der Waals surface area contributed by atoms with Gasteiger partial charge in [0, 0.05) is 16.4 Å². The van der Waals surface area contributed by atoms with Crippen LogP contribution in [-0.2, 0) is 14.6 Å². The van der Waals surface area contributed by atoms with Crippen molar-refractivity contribution >= 4 is 55.6 Å². The first-order valence-corrected chi connectivity index (χ1v) is 12.7. The predicted octanol–water partition coefficient (Wildman–Crippen LogP) is 3.67. The number of fused-ring (bicyclic) bond motifs is 1. The minimum absolute atomic E-state index is 0.0422. The molecular weight excluding hydrogens is 442 g/mol. The number of carbonyl (C=O) groups excluding carboxylic acids is 1. The summed E-state index contributed by atoms with van der Waals surface area (Å²) in [4.78, 5) is 19.1. The average Bonchev–Trinajstić information content (AvgIpc) is 3.15. The number of hydrogen-bond donors (Lipinski definition) is 1. The molecule has 0 unspecified atom stereocenters. The molecule has 2 aromatic rings. The van der Waals surface area contributed by atoms with Gasteiger partial charge in [-0.2, -0.15) is 0 Å². The van der Waals surface area contributed by atoms with Gasteiger partial charge in [-0.25, -0.2) is 8.42 Å². The van der Waals surface area contributed by atoms with Crippen molar-refractivity contribution in [3.05, 3.63) is 58.6 Å². The zero-order valence-electron chi connectivity index (χ0n) is 16.6. The summed E-state index contributed by atoms with van der Waals surface area (Å²) in [7, 11) is -3.12. The van der Waals surface area contributed by atoms with Gasteiger partial charge in [-0.3, -0.25) is 9.79 Å². The molecule has 2 heterocycles. The van der Waals surface area contributed by atoms with Gasteiger partial charge in [0.05, 0.1) is 29.3 Å². The third kappa shape index (κ3) is 4.50. The Morgan fingerprint density at radius 1 is 1.20 bits per heavy atom. The van der Waals surface area contributed by atoms with Crippen molar-refractivity contribution in [1.29, 1.82) is 0 Å². The number of aliphatic imine (C=N–C) groups is 1. The number of nitrogens with zero attached hydrogens (tertiary/aromatic N) is 2. The highest BCUT2D eigenvalue weighted by molar-refractivity contribution is 8.14. The molecule has 0 radical (unpaired) electrons. The zero-order valence-corrected chi connectivity index (χ0v) is 19.0. The summed E-state index contributed by atoms with van der Waals surface area (Å²) in [6.07, 6.45) is 0. The second kappa shape index (κ2) is 8.24. The molecule has 30 heavy (non-hydrogen) atoms. The molecule has 0 aliphatic carbocycles. The molecule has 1 fully saturated rings. The van der Waals surface area contributed by atoms with E-state index < -0.39 is 9.84 Å². The highest BCUT2D eigenvalue weighted by Crippen LogP contribution is 2.35. The molecule has 2 aliphatic rings. The Hall–Kier alpha value is -2.03. The molecule has 0 spiro atoms. The van der Waals surface area contributed by atoms with Gasteiger partial charge in [0.2, 0.25) is 5.91 Å². The first-order valence-electron chi connectivity index (χ1n) is 9.55. The Balaban J connectivity index is 1.50. The number of hydrogen-bond acceptors (Lipinski definition) is 6. The van der Waals surface area contributed by atoms with Crippen LogP contribution in [0.4, 0.5) is 11.4 Å². The fraction of sp³-hybridized carbons (Fsp3) is 0.333. The van der Waals surface area contributed by atoms with Gasteiger partial charge in [0.1, 0.15) is 0 Å². The number of carbonyl (C=O) groups is 1. The molecule has 1 N–H and O–H groups in total. The first-order chi connectivity index (χ1) is 14.2. The van der Waals surface area contributed by atoms with E-state index in [-0.39, 0.29) is 35.2 Å². The number of aryl methyl sites for hydroxylation is 2. The SMILES string of the molecule is Cc1ccc(C)c(NC(=O)CSC2=N[C@H]3CS(=O)(=O)C[C@H]3N2c2ccc(Cl)cc2)c1. The quantitative estimate of drug-likeness (QED) is 0.748. The van der Waals surface area contributed by atoms with Gasteiger partial charge in [-0.1, -0.05) is 35.5 Å². The van der Waals surface area contributed by atoms with Crippen LogP contribution in [0, 0.1) is 13.8 Å². The summed E-state index contributed by atoms with van der Waals surface area (Å²) < 4.78 is 24.2. The second-order valence-electron chi connectivity index (χ2n) is 7.62. The topological polar surface area (TPSA) is 78.8 Å². The summed E-state index contributed by atoms with van der Waals surface area (Å²) in [5, 5.41) is 4.22. The Morgan fingerprint density at radius 2 is 1.93 bits per heavy atom. The van der Waals surface area contributed by atoms with Crippen molar-refractivity contribution in [3.63, 3.8) is 0 Å². The van der Waals surface area contributed by atoms with E-state index in [4.69, 9.17) is 11.6 Å². The monoisotopic (exact) mass is 463 g/mol. The van der Waals surface area contributed by atoms with E-state index in [9.17, 15) is 13.2 Å². The largest absolute Gasteiger partial charge is 0.325 e. The lowest BCUT2D eigenvalue weighted by Crippen LogP contribution is -2.39. The van der Waals surface area contributed by atoms with Crippen LogP contribution in [-0.4, -0.2) is 48.8 Å². The summed E-state index contributed by atoms with van der Waals surface area (Å²) in [5.41, 5.74) is 3.70. The predicted molar refractivity (Wildman–Crippen MR) is 125 cm³/mol. The number of sulfone groups is 1. The van der Waals surface area contributed by atoms with Gasteiger partial charge >= 0.3 is 0 Å². The molecule has 0 saturated carbocycles. The summed E-state index contributed by atoms with van der Waals surface area (Å²) in [6.45, 7) is 3.93. The van der Waals surface area contributed by atoms with Crippen molar-refractivity contribution in [1.82, 2.24) is 0 Å². The van der Waals surface area contributed by atoms with Crippen LogP contribution in [0.3, 0.4) is 0 Å². The molecule has 6 nitrogen and oxygen atoms in total. The Morgan fingerprint density at radius 3 is 2.67 bits per heavy atom. The third-order valence-corrected chi connectivity index (χ3v) is 8.13. The molecule has 9 heteroatoms. The number of amidine groups is 1. The minimum Gasteiger partial charge on any atom is -0.325 e. The van der Waals surface area contributed by atoms with E-state index in [1.807, 2.05) is 49.1 Å². The third-order valence-electron chi connectivity index (χ3n) is 5.21. The van der Waals surface area contributed by atoms with E-state index in [2.05, 4.69) is 10.3 Å². The summed E-state index contributed by atoms with van der Waals surface area (Å²) in [5.74, 6) is 0.156. The maximum atomic E-state index is 12.6. The first kappa shape index (κ1) is 21.2. The van der Waals surface area contributed by atoms with Crippen LogP contribution in [0.2, 0.25) is 5.02 Å². The molecule has 0 aromatic heterocycles. The van der Waals surface area contributed by atoms with Crippen molar-refractivity contribution < 1.29 is 13.2 Å². The van der Waals surface area contributed by atoms with E-state index in [1.54, 1.807) is 12.1 Å². The minimum atomic E-state index is -3.12. The Labute approximate surface area is 185 Å². The van der Waals surface area contributed by atoms with Crippen molar-refractivity contribution in [2.24, 2.45) is 4.99 Å². The van der Waals surface area contributed by atoms with E-state index in [0.717, 1.165) is 22.5 Å². The molecule has 2 aromatic carbocycles. The summed E-state index contributed by atoms with van der Waals surface area (Å²) >= 11 is 7.33. The van der Waals surface area contributed by atoms with Gasteiger partial charge in [-0.05, 0) is 55.3 Å². The van der Waals surface area contributed by atoms with Gasteiger partial charge < -0.3 is 10.2 Å². The maximum absolute atomic E-state index is 12.6. The average molecular weight is 464 g/mol. The molecule has 2 atom stereocenters. The molecule has 4 rings (SSSR count). The van der Waals surface area contributed by atoms with Crippen LogP contribution in [0.5, 0.6) is 0 Å². The van der Waals surface area contributed by atoms with Crippen molar-refractivity contribution in [3.8, 4) is 0 Å². The fourth-order valence-electron chi connectivity index (χ4n) is 3.72. The van der Waals surface area contributed by atoms with E-state index >= 15 is 0 Å². The molecule has 2 aliphatic heterocycles. The number of nitrogens with one attached hydrogen (secondary N) is 1. The van der Waals surface area contributed by atoms with Crippen LogP contribution in [0.1, 0.15) is 11.1 Å². The lowest BCUT2D eigenvalue weighted by molar-refractivity contribution is -0.113. The Kier molecular flexibility index (Phi) is 5.83. The Bertz CT molecular complexity index is 1120. The molecule has 1 amide bonds. The van der Waals surface area contributed by atoms with Gasteiger partial charge in [0.15, 0.2) is 15.0 Å². The lowest BCUT2D eigenvalue weighted by Gasteiger charge is -2.26. The van der Waals surface area contributed by atoms with Crippen LogP contribution >= 0.6 is 23.4 Å². The number of anilines is 2. The smallest absolute Gasteiger partial charge is 0.234 e. The van der Waals surface area contributed by atoms with Gasteiger partial charge in [-0.15, -0.1) is 0 Å². The van der Waals surface area contributed by atoms with Crippen molar-refractivity contribution in [2.45, 2.75) is 25.9 Å². The highest BCUT2D eigenvalue weighted by Gasteiger charge is 2.47. The number of amides is 1. The van der Waals surface area contributed by atoms with Gasteiger partial charge in [0.25, 0.3) is 0 Å². The zero-order chi connectivity index (χ0) is 21.5. The van der Waals surface area contributed by atoms with E-state index in [1.165, 1.54) is 11.8 Å². The molecule has 158 valence electrons. The standard InChI is InChI=1S/C21H22ClN3O3S2/c1-13-3-4-14(2)17(9-13)23-20(26)10-29-21-24-18-11-30(27,28)12-19(18)25(21)16-7-5-15(22)6-8-16/h3-9,18-19H,10-12H2,1-2H3,(H,23,26)/t18-,19+/m0/s1. The summed E-state index contributed by atoms with van der Waals surface area (Å²) in [6, 6.07) is 12.6. The normalized spacial score (nSPS) is 22.0. The van der Waals surface area contributed by atoms with E-state index in [0.29, 0.717) is 10.2 Å². The van der Waals surface area contributed by atoms with Crippen LogP contribution in [0.15, 0.2) is 47.5 Å². The van der Waals surface area contributed by atoms with Crippen molar-refractivity contribution in [2.75, 3.05) is 27.5 Å². The highest BCUT2D eigenvalue weighted by atomic mass is 35.5. The number of thioether (sulfide) groups is 1. The molecule has 0 bridgehead atoms. The van der Waals surface area contributed by atoms with Crippen LogP contribution < -0.4 is 10.2 Å².